The van der Waals surface area contributed by atoms with Gasteiger partial charge in [0.2, 0.25) is 5.91 Å². The van der Waals surface area contributed by atoms with E-state index in [9.17, 15) is 9.59 Å². The van der Waals surface area contributed by atoms with Crippen molar-refractivity contribution in [3.05, 3.63) is 0 Å². The van der Waals surface area contributed by atoms with E-state index in [0.29, 0.717) is 19.3 Å². The molecule has 0 heterocycles. The Morgan fingerprint density at radius 2 is 2.25 bits per heavy atom. The summed E-state index contributed by atoms with van der Waals surface area (Å²) < 4.78 is 0. The normalized spacial score (nSPS) is 25.8. The van der Waals surface area contributed by atoms with Crippen LogP contribution in [0.4, 0.5) is 0 Å². The molecular formula is C11H16N2O3. The van der Waals surface area contributed by atoms with E-state index in [2.05, 4.69) is 11.2 Å². The molecule has 1 aliphatic carbocycles. The summed E-state index contributed by atoms with van der Waals surface area (Å²) in [5.74, 6) is 0.869. The number of hydrogen-bond donors (Lipinski definition) is 3. The zero-order valence-electron chi connectivity index (χ0n) is 8.98. The van der Waals surface area contributed by atoms with Crippen LogP contribution in [-0.4, -0.2) is 29.1 Å². The fourth-order valence-corrected chi connectivity index (χ4v) is 1.86. The molecule has 0 bridgehead atoms. The van der Waals surface area contributed by atoms with E-state index in [1.165, 1.54) is 0 Å². The molecule has 3 unspecified atom stereocenters. The summed E-state index contributed by atoms with van der Waals surface area (Å²) in [6.45, 7) is 0. The summed E-state index contributed by atoms with van der Waals surface area (Å²) in [7, 11) is 0. The largest absolute Gasteiger partial charge is 0.481 e. The van der Waals surface area contributed by atoms with E-state index in [0.717, 1.165) is 0 Å². The topological polar surface area (TPSA) is 92.4 Å². The molecule has 0 aromatic carbocycles. The minimum absolute atomic E-state index is 0.0857. The first-order valence-corrected chi connectivity index (χ1v) is 5.26. The lowest BCUT2D eigenvalue weighted by Crippen LogP contribution is -2.44. The summed E-state index contributed by atoms with van der Waals surface area (Å²) in [5, 5.41) is 11.5. The third-order valence-corrected chi connectivity index (χ3v) is 2.80. The van der Waals surface area contributed by atoms with Gasteiger partial charge in [-0.2, -0.15) is 0 Å². The summed E-state index contributed by atoms with van der Waals surface area (Å²) in [5.41, 5.74) is 5.53. The minimum atomic E-state index is -0.801. The Morgan fingerprint density at radius 3 is 2.75 bits per heavy atom. The third kappa shape index (κ3) is 3.24. The quantitative estimate of drug-likeness (QED) is 0.572. The molecule has 1 rings (SSSR count). The number of carboxylic acids is 1. The van der Waals surface area contributed by atoms with E-state index < -0.39 is 12.0 Å². The summed E-state index contributed by atoms with van der Waals surface area (Å²) in [6.07, 6.45) is 7.01. The van der Waals surface area contributed by atoms with Gasteiger partial charge in [-0.05, 0) is 19.3 Å². The lowest BCUT2D eigenvalue weighted by atomic mass is 10.1. The number of carbonyl (C=O) groups excluding carboxylic acids is 1. The van der Waals surface area contributed by atoms with Gasteiger partial charge in [0.15, 0.2) is 0 Å². The van der Waals surface area contributed by atoms with Gasteiger partial charge in [-0.25, -0.2) is 0 Å². The molecule has 5 heteroatoms. The smallest absolute Gasteiger partial charge is 0.306 e. The molecule has 0 saturated heterocycles. The summed E-state index contributed by atoms with van der Waals surface area (Å²) in [6, 6.07) is -0.786. The number of nitrogens with one attached hydrogen (secondary N) is 1. The number of carbonyl (C=O) groups is 2. The van der Waals surface area contributed by atoms with Crippen molar-refractivity contribution in [2.75, 3.05) is 0 Å². The molecule has 0 aromatic rings. The Balaban J connectivity index is 2.37. The fraction of sp³-hybridized carbons (Fsp3) is 0.636. The Kier molecular flexibility index (Phi) is 4.32. The second-order valence-corrected chi connectivity index (χ2v) is 4.07. The van der Waals surface area contributed by atoms with Gasteiger partial charge in [0.1, 0.15) is 0 Å². The predicted octanol–water partition coefficient (Wildman–Crippen LogP) is -0.293. The Bertz CT molecular complexity index is 322. The second kappa shape index (κ2) is 5.52. The average molecular weight is 224 g/mol. The van der Waals surface area contributed by atoms with Gasteiger partial charge in [0.05, 0.1) is 12.0 Å². The highest BCUT2D eigenvalue weighted by Crippen LogP contribution is 2.25. The zero-order chi connectivity index (χ0) is 12.1. The van der Waals surface area contributed by atoms with Crippen molar-refractivity contribution in [1.82, 2.24) is 5.32 Å². The van der Waals surface area contributed by atoms with Crippen LogP contribution < -0.4 is 11.1 Å². The van der Waals surface area contributed by atoms with Crippen molar-refractivity contribution in [2.45, 2.75) is 37.8 Å². The van der Waals surface area contributed by atoms with Crippen molar-refractivity contribution in [3.8, 4) is 12.3 Å². The molecule has 4 N–H and O–H groups in total. The first kappa shape index (κ1) is 12.5. The van der Waals surface area contributed by atoms with E-state index in [1.54, 1.807) is 0 Å². The fourth-order valence-electron chi connectivity index (χ4n) is 1.86. The van der Waals surface area contributed by atoms with Crippen LogP contribution >= 0.6 is 0 Å². The molecule has 0 aliphatic heterocycles. The Labute approximate surface area is 94.4 Å². The lowest BCUT2D eigenvalue weighted by molar-refractivity contribution is -0.141. The molecule has 1 fully saturated rings. The highest BCUT2D eigenvalue weighted by Gasteiger charge is 2.31. The molecule has 0 radical (unpaired) electrons. The number of terminal acetylenes is 1. The van der Waals surface area contributed by atoms with Crippen LogP contribution in [0.3, 0.4) is 0 Å². The molecule has 3 atom stereocenters. The van der Waals surface area contributed by atoms with Gasteiger partial charge >= 0.3 is 5.97 Å². The van der Waals surface area contributed by atoms with Crippen molar-refractivity contribution in [1.29, 1.82) is 0 Å². The molecule has 0 spiro atoms. The second-order valence-electron chi connectivity index (χ2n) is 4.07. The van der Waals surface area contributed by atoms with Crippen molar-refractivity contribution in [2.24, 2.45) is 11.7 Å². The molecule has 1 amide bonds. The minimum Gasteiger partial charge on any atom is -0.481 e. The molecule has 0 aromatic heterocycles. The standard InChI is InChI=1S/C11H16N2O3/c1-2-3-9(12)10(14)13-8-5-4-7(6-8)11(15)16/h1,7-9H,3-6,12H2,(H,13,14)(H,15,16). The highest BCUT2D eigenvalue weighted by molar-refractivity contribution is 5.82. The summed E-state index contributed by atoms with van der Waals surface area (Å²) >= 11 is 0. The maximum atomic E-state index is 11.5. The van der Waals surface area contributed by atoms with Crippen molar-refractivity contribution >= 4 is 11.9 Å². The number of aliphatic carboxylic acids is 1. The van der Waals surface area contributed by atoms with Gasteiger partial charge in [0.25, 0.3) is 0 Å². The van der Waals surface area contributed by atoms with Crippen LogP contribution in [0.5, 0.6) is 0 Å². The maximum absolute atomic E-state index is 11.5. The summed E-state index contributed by atoms with van der Waals surface area (Å²) in [4.78, 5) is 22.2. The van der Waals surface area contributed by atoms with E-state index in [4.69, 9.17) is 17.3 Å². The number of amides is 1. The highest BCUT2D eigenvalue weighted by atomic mass is 16.4. The average Bonchev–Trinajstić information content (AvgIpc) is 2.66. The third-order valence-electron chi connectivity index (χ3n) is 2.80. The molecular weight excluding hydrogens is 208 g/mol. The predicted molar refractivity (Wildman–Crippen MR) is 58.3 cm³/mol. The van der Waals surface area contributed by atoms with Crippen LogP contribution in [0.1, 0.15) is 25.7 Å². The number of nitrogens with two attached hydrogens (primary N) is 1. The van der Waals surface area contributed by atoms with Crippen LogP contribution in [0, 0.1) is 18.3 Å². The van der Waals surface area contributed by atoms with Gasteiger partial charge in [-0.15, -0.1) is 12.3 Å². The monoisotopic (exact) mass is 224 g/mol. The van der Waals surface area contributed by atoms with Crippen LogP contribution in [0.15, 0.2) is 0 Å². The van der Waals surface area contributed by atoms with E-state index in [-0.39, 0.29) is 24.3 Å². The molecule has 5 nitrogen and oxygen atoms in total. The lowest BCUT2D eigenvalue weighted by Gasteiger charge is -2.15. The number of hydrogen-bond acceptors (Lipinski definition) is 3. The molecule has 1 aliphatic rings. The number of rotatable bonds is 4. The number of carboxylic acid groups (broad SMARTS) is 1. The van der Waals surface area contributed by atoms with Gasteiger partial charge in [-0.1, -0.05) is 0 Å². The van der Waals surface area contributed by atoms with Gasteiger partial charge < -0.3 is 16.2 Å². The van der Waals surface area contributed by atoms with Crippen molar-refractivity contribution in [3.63, 3.8) is 0 Å². The van der Waals surface area contributed by atoms with Crippen LogP contribution in [0.25, 0.3) is 0 Å². The van der Waals surface area contributed by atoms with Crippen molar-refractivity contribution < 1.29 is 14.7 Å². The van der Waals surface area contributed by atoms with Gasteiger partial charge in [0, 0.05) is 12.5 Å². The Hall–Kier alpha value is -1.54. The van der Waals surface area contributed by atoms with E-state index in [1.807, 2.05) is 0 Å². The maximum Gasteiger partial charge on any atom is 0.306 e. The first-order valence-electron chi connectivity index (χ1n) is 5.26. The molecule has 88 valence electrons. The molecule has 1 saturated carbocycles. The Morgan fingerprint density at radius 1 is 1.56 bits per heavy atom. The van der Waals surface area contributed by atoms with E-state index >= 15 is 0 Å². The SMILES string of the molecule is C#CCC(N)C(=O)NC1CCC(C(=O)O)C1. The van der Waals surface area contributed by atoms with Crippen LogP contribution in [-0.2, 0) is 9.59 Å². The first-order chi connectivity index (χ1) is 7.54. The van der Waals surface area contributed by atoms with Crippen LogP contribution in [0.2, 0.25) is 0 Å². The zero-order valence-corrected chi connectivity index (χ0v) is 8.98. The molecule has 16 heavy (non-hydrogen) atoms. The van der Waals surface area contributed by atoms with Gasteiger partial charge in [-0.3, -0.25) is 9.59 Å².